The highest BCUT2D eigenvalue weighted by molar-refractivity contribution is 6.22. The number of nitrogens with zero attached hydrogens (tertiary/aromatic N) is 1. The Kier molecular flexibility index (Phi) is 4.14. The highest BCUT2D eigenvalue weighted by Crippen LogP contribution is 2.23. The number of imide groups is 1. The first kappa shape index (κ1) is 15.9. The van der Waals surface area contributed by atoms with Gasteiger partial charge >= 0.3 is 0 Å². The molecule has 2 aromatic carbocycles. The number of rotatable bonds is 4. The average molecular weight is 324 g/mol. The number of carbonyl (C=O) groups is 3. The molecule has 1 N–H and O–H groups in total. The molecule has 0 spiro atoms. The first-order valence-corrected chi connectivity index (χ1v) is 7.37. The molecule has 0 atom stereocenters. The van der Waals surface area contributed by atoms with E-state index in [4.69, 9.17) is 4.74 Å². The fourth-order valence-electron chi connectivity index (χ4n) is 2.61. The molecule has 3 amide bonds. The van der Waals surface area contributed by atoms with Gasteiger partial charge in [0.1, 0.15) is 0 Å². The monoisotopic (exact) mass is 324 g/mol. The van der Waals surface area contributed by atoms with Gasteiger partial charge in [-0.15, -0.1) is 0 Å². The number of methoxy groups -OCH3 is 1. The molecule has 6 nitrogen and oxygen atoms in total. The van der Waals surface area contributed by atoms with E-state index < -0.39 is 5.91 Å². The van der Waals surface area contributed by atoms with Crippen LogP contribution in [0.25, 0.3) is 0 Å². The highest BCUT2D eigenvalue weighted by Gasteiger charge is 2.33. The van der Waals surface area contributed by atoms with Gasteiger partial charge in [-0.25, -0.2) is 0 Å². The number of benzene rings is 2. The molecule has 0 unspecified atom stereocenters. The van der Waals surface area contributed by atoms with E-state index in [0.29, 0.717) is 23.4 Å². The molecule has 0 bridgehead atoms. The van der Waals surface area contributed by atoms with Gasteiger partial charge in [-0.1, -0.05) is 12.1 Å². The summed E-state index contributed by atoms with van der Waals surface area (Å²) in [7, 11) is 3.02. The SMILES string of the molecule is COCc1cccc(NC(=O)c2ccc3c(c2)C(=O)N(C)C3=O)c1. The standard InChI is InChI=1S/C18H16N2O4/c1-20-17(22)14-7-6-12(9-15(14)18(20)23)16(21)19-13-5-3-4-11(8-13)10-24-2/h3-9H,10H2,1-2H3,(H,19,21). The van der Waals surface area contributed by atoms with Crippen LogP contribution in [0.15, 0.2) is 42.5 Å². The maximum absolute atomic E-state index is 12.4. The second kappa shape index (κ2) is 6.25. The molecule has 1 aliphatic heterocycles. The lowest BCUT2D eigenvalue weighted by Crippen LogP contribution is -2.24. The zero-order valence-electron chi connectivity index (χ0n) is 13.3. The number of hydrogen-bond donors (Lipinski definition) is 1. The molecule has 24 heavy (non-hydrogen) atoms. The molecule has 0 aromatic heterocycles. The predicted octanol–water partition coefficient (Wildman–Crippen LogP) is 2.31. The minimum atomic E-state index is -0.397. The molecular weight excluding hydrogens is 308 g/mol. The fourth-order valence-corrected chi connectivity index (χ4v) is 2.61. The zero-order chi connectivity index (χ0) is 17.3. The van der Waals surface area contributed by atoms with E-state index in [2.05, 4.69) is 5.32 Å². The van der Waals surface area contributed by atoms with Gasteiger partial charge in [-0.2, -0.15) is 0 Å². The van der Waals surface area contributed by atoms with Crippen molar-refractivity contribution in [2.24, 2.45) is 0 Å². The molecule has 3 rings (SSSR count). The van der Waals surface area contributed by atoms with Crippen LogP contribution in [0.3, 0.4) is 0 Å². The van der Waals surface area contributed by atoms with Crippen LogP contribution < -0.4 is 5.32 Å². The van der Waals surface area contributed by atoms with Crippen molar-refractivity contribution in [1.29, 1.82) is 0 Å². The van der Waals surface area contributed by atoms with E-state index >= 15 is 0 Å². The van der Waals surface area contributed by atoms with Gasteiger partial charge < -0.3 is 10.1 Å². The topological polar surface area (TPSA) is 75.7 Å². The second-order valence-corrected chi connectivity index (χ2v) is 5.52. The van der Waals surface area contributed by atoms with Crippen molar-refractivity contribution in [3.8, 4) is 0 Å². The van der Waals surface area contributed by atoms with Crippen molar-refractivity contribution in [2.75, 3.05) is 19.5 Å². The normalized spacial score (nSPS) is 13.2. The molecule has 0 fully saturated rings. The van der Waals surface area contributed by atoms with Crippen molar-refractivity contribution in [1.82, 2.24) is 4.90 Å². The number of hydrogen-bond acceptors (Lipinski definition) is 4. The maximum Gasteiger partial charge on any atom is 0.261 e. The van der Waals surface area contributed by atoms with E-state index in [1.807, 2.05) is 18.2 Å². The maximum atomic E-state index is 12.4. The average Bonchev–Trinajstić information content (AvgIpc) is 2.80. The zero-order valence-corrected chi connectivity index (χ0v) is 13.3. The summed E-state index contributed by atoms with van der Waals surface area (Å²) in [6.07, 6.45) is 0. The predicted molar refractivity (Wildman–Crippen MR) is 88.0 cm³/mol. The molecule has 0 saturated carbocycles. The van der Waals surface area contributed by atoms with Gasteiger partial charge in [0.15, 0.2) is 0 Å². The summed E-state index contributed by atoms with van der Waals surface area (Å²) in [6.45, 7) is 0.450. The number of amides is 3. The molecule has 2 aromatic rings. The summed E-state index contributed by atoms with van der Waals surface area (Å²) in [6, 6.07) is 11.8. The van der Waals surface area contributed by atoms with Crippen LogP contribution in [0.2, 0.25) is 0 Å². The summed E-state index contributed by atoms with van der Waals surface area (Å²) in [5, 5.41) is 2.78. The number of carbonyl (C=O) groups excluding carboxylic acids is 3. The van der Waals surface area contributed by atoms with Crippen molar-refractivity contribution in [2.45, 2.75) is 6.61 Å². The van der Waals surface area contributed by atoms with E-state index in [0.717, 1.165) is 10.5 Å². The van der Waals surface area contributed by atoms with Crippen LogP contribution >= 0.6 is 0 Å². The number of fused-ring (bicyclic) bond motifs is 1. The Bertz CT molecular complexity index is 845. The highest BCUT2D eigenvalue weighted by atomic mass is 16.5. The van der Waals surface area contributed by atoms with Crippen molar-refractivity contribution in [3.05, 3.63) is 64.7 Å². The Balaban J connectivity index is 1.83. The lowest BCUT2D eigenvalue weighted by molar-refractivity contribution is 0.0693. The number of nitrogens with one attached hydrogen (secondary N) is 1. The quantitative estimate of drug-likeness (QED) is 0.876. The molecular formula is C18H16N2O4. The third-order valence-corrected chi connectivity index (χ3v) is 3.85. The molecule has 1 heterocycles. The van der Waals surface area contributed by atoms with E-state index in [1.54, 1.807) is 13.2 Å². The van der Waals surface area contributed by atoms with Gasteiger partial charge in [0, 0.05) is 25.4 Å². The second-order valence-electron chi connectivity index (χ2n) is 5.52. The molecule has 0 radical (unpaired) electrons. The van der Waals surface area contributed by atoms with Crippen molar-refractivity contribution in [3.63, 3.8) is 0 Å². The Labute approximate surface area is 139 Å². The third kappa shape index (κ3) is 2.79. The fraction of sp³-hybridized carbons (Fsp3) is 0.167. The molecule has 122 valence electrons. The Morgan fingerprint density at radius 3 is 2.58 bits per heavy atom. The third-order valence-electron chi connectivity index (χ3n) is 3.85. The summed E-state index contributed by atoms with van der Waals surface area (Å²) >= 11 is 0. The van der Waals surface area contributed by atoms with Crippen LogP contribution in [0.5, 0.6) is 0 Å². The first-order valence-electron chi connectivity index (χ1n) is 7.37. The lowest BCUT2D eigenvalue weighted by atomic mass is 10.1. The Morgan fingerprint density at radius 2 is 1.83 bits per heavy atom. The number of ether oxygens (including phenoxy) is 1. The summed E-state index contributed by atoms with van der Waals surface area (Å²) in [5.74, 6) is -1.09. The van der Waals surface area contributed by atoms with Crippen LogP contribution in [0.1, 0.15) is 36.6 Å². The van der Waals surface area contributed by atoms with Crippen LogP contribution in [0.4, 0.5) is 5.69 Å². The van der Waals surface area contributed by atoms with Gasteiger partial charge in [0.2, 0.25) is 0 Å². The smallest absolute Gasteiger partial charge is 0.261 e. The van der Waals surface area contributed by atoms with Crippen LogP contribution in [0, 0.1) is 0 Å². The van der Waals surface area contributed by atoms with Crippen molar-refractivity contribution >= 4 is 23.4 Å². The lowest BCUT2D eigenvalue weighted by Gasteiger charge is -2.08. The van der Waals surface area contributed by atoms with Gasteiger partial charge in [-0.3, -0.25) is 19.3 Å². The molecule has 1 aliphatic rings. The first-order chi connectivity index (χ1) is 11.5. The van der Waals surface area contributed by atoms with E-state index in [-0.39, 0.29) is 17.4 Å². The Morgan fingerprint density at radius 1 is 1.08 bits per heavy atom. The molecule has 0 aliphatic carbocycles. The molecule has 6 heteroatoms. The number of anilines is 1. The minimum Gasteiger partial charge on any atom is -0.380 e. The summed E-state index contributed by atoms with van der Waals surface area (Å²) in [5.41, 5.74) is 2.47. The van der Waals surface area contributed by atoms with Crippen molar-refractivity contribution < 1.29 is 19.1 Å². The Hall–Kier alpha value is -2.99. The summed E-state index contributed by atoms with van der Waals surface area (Å²) < 4.78 is 5.07. The van der Waals surface area contributed by atoms with Gasteiger partial charge in [0.05, 0.1) is 17.7 Å². The van der Waals surface area contributed by atoms with Gasteiger partial charge in [-0.05, 0) is 35.9 Å². The molecule has 0 saturated heterocycles. The summed E-state index contributed by atoms with van der Waals surface area (Å²) in [4.78, 5) is 37.3. The minimum absolute atomic E-state index is 0.253. The van der Waals surface area contributed by atoms with Gasteiger partial charge in [0.25, 0.3) is 17.7 Å². The largest absolute Gasteiger partial charge is 0.380 e. The van der Waals surface area contributed by atoms with Crippen LogP contribution in [-0.4, -0.2) is 36.8 Å². The van der Waals surface area contributed by atoms with E-state index in [9.17, 15) is 14.4 Å². The van der Waals surface area contributed by atoms with E-state index in [1.165, 1.54) is 25.2 Å². The van der Waals surface area contributed by atoms with Crippen LogP contribution in [-0.2, 0) is 11.3 Å².